The average molecular weight is 231 g/mol. The van der Waals surface area contributed by atoms with Crippen molar-refractivity contribution < 1.29 is 0 Å². The summed E-state index contributed by atoms with van der Waals surface area (Å²) in [5.74, 6) is 1.59. The van der Waals surface area contributed by atoms with E-state index in [4.69, 9.17) is 4.98 Å². The van der Waals surface area contributed by atoms with Crippen LogP contribution in [0, 0.1) is 12.8 Å². The van der Waals surface area contributed by atoms with Crippen molar-refractivity contribution in [3.05, 3.63) is 29.6 Å². The van der Waals surface area contributed by atoms with Crippen molar-refractivity contribution in [1.82, 2.24) is 14.9 Å². The number of aryl methyl sites for hydroxylation is 1. The zero-order valence-electron chi connectivity index (χ0n) is 11.3. The summed E-state index contributed by atoms with van der Waals surface area (Å²) in [4.78, 5) is 10.4. The summed E-state index contributed by atoms with van der Waals surface area (Å²) in [6.07, 6.45) is 0. The molecule has 0 amide bonds. The van der Waals surface area contributed by atoms with Gasteiger partial charge in [0.2, 0.25) is 0 Å². The summed E-state index contributed by atoms with van der Waals surface area (Å²) < 4.78 is 0. The maximum Gasteiger partial charge on any atom is 0.124 e. The molecule has 0 saturated carbocycles. The molecule has 0 radical (unpaired) electrons. The summed E-state index contributed by atoms with van der Waals surface area (Å²) in [6, 6.07) is 6.67. The Hall–Kier alpha value is -1.35. The van der Waals surface area contributed by atoms with E-state index in [1.54, 1.807) is 0 Å². The summed E-state index contributed by atoms with van der Waals surface area (Å²) in [7, 11) is 4.20. The van der Waals surface area contributed by atoms with Gasteiger partial charge in [0, 0.05) is 0 Å². The second kappa shape index (κ2) is 4.49. The predicted octanol–water partition coefficient (Wildman–Crippen LogP) is 3.13. The van der Waals surface area contributed by atoms with Gasteiger partial charge in [-0.05, 0) is 44.6 Å². The molecule has 1 aromatic carbocycles. The quantitative estimate of drug-likeness (QED) is 0.880. The van der Waals surface area contributed by atoms with E-state index in [0.29, 0.717) is 12.0 Å². The average Bonchev–Trinajstić information content (AvgIpc) is 2.58. The predicted molar refractivity (Wildman–Crippen MR) is 72.1 cm³/mol. The number of imidazole rings is 1. The van der Waals surface area contributed by atoms with Crippen LogP contribution >= 0.6 is 0 Å². The third-order valence-electron chi connectivity index (χ3n) is 3.12. The van der Waals surface area contributed by atoms with Gasteiger partial charge >= 0.3 is 0 Å². The number of rotatable bonds is 3. The SMILES string of the molecule is Cc1ccc2nc(C(C(C)C)N(C)C)[nH]c2c1. The molecule has 3 nitrogen and oxygen atoms in total. The zero-order valence-corrected chi connectivity index (χ0v) is 11.3. The van der Waals surface area contributed by atoms with Crippen LogP contribution in [0.15, 0.2) is 18.2 Å². The number of hydrogen-bond donors (Lipinski definition) is 1. The summed E-state index contributed by atoms with van der Waals surface area (Å²) in [5, 5.41) is 0. The number of nitrogens with zero attached hydrogens (tertiary/aromatic N) is 2. The first-order chi connectivity index (χ1) is 7.99. The van der Waals surface area contributed by atoms with Gasteiger partial charge in [0.05, 0.1) is 17.1 Å². The molecular weight excluding hydrogens is 210 g/mol. The highest BCUT2D eigenvalue weighted by molar-refractivity contribution is 5.75. The van der Waals surface area contributed by atoms with Crippen molar-refractivity contribution >= 4 is 11.0 Å². The number of aromatic nitrogens is 2. The summed E-state index contributed by atoms with van der Waals surface area (Å²) >= 11 is 0. The monoisotopic (exact) mass is 231 g/mol. The first kappa shape index (κ1) is 12.1. The Morgan fingerprint density at radius 3 is 2.53 bits per heavy atom. The highest BCUT2D eigenvalue weighted by Crippen LogP contribution is 2.26. The summed E-state index contributed by atoms with van der Waals surface area (Å²) in [6.45, 7) is 6.55. The Morgan fingerprint density at radius 1 is 1.24 bits per heavy atom. The van der Waals surface area contributed by atoms with Gasteiger partial charge < -0.3 is 4.98 Å². The molecule has 1 N–H and O–H groups in total. The van der Waals surface area contributed by atoms with Crippen molar-refractivity contribution in [2.45, 2.75) is 26.8 Å². The van der Waals surface area contributed by atoms with E-state index in [-0.39, 0.29) is 0 Å². The second-order valence-corrected chi connectivity index (χ2v) is 5.30. The van der Waals surface area contributed by atoms with Gasteiger partial charge in [-0.15, -0.1) is 0 Å². The van der Waals surface area contributed by atoms with E-state index in [1.807, 2.05) is 0 Å². The molecule has 1 unspecified atom stereocenters. The van der Waals surface area contributed by atoms with Crippen LogP contribution in [0.4, 0.5) is 0 Å². The first-order valence-corrected chi connectivity index (χ1v) is 6.11. The van der Waals surface area contributed by atoms with Gasteiger partial charge in [0.25, 0.3) is 0 Å². The van der Waals surface area contributed by atoms with Gasteiger partial charge in [-0.25, -0.2) is 4.98 Å². The third-order valence-corrected chi connectivity index (χ3v) is 3.12. The highest BCUT2D eigenvalue weighted by atomic mass is 15.1. The van der Waals surface area contributed by atoms with E-state index < -0.39 is 0 Å². The van der Waals surface area contributed by atoms with Crippen LogP contribution in [0.2, 0.25) is 0 Å². The lowest BCUT2D eigenvalue weighted by Crippen LogP contribution is -2.25. The maximum absolute atomic E-state index is 4.70. The van der Waals surface area contributed by atoms with Gasteiger partial charge in [-0.3, -0.25) is 4.90 Å². The first-order valence-electron chi connectivity index (χ1n) is 6.11. The fourth-order valence-corrected chi connectivity index (χ4v) is 2.44. The van der Waals surface area contributed by atoms with Gasteiger partial charge in [-0.2, -0.15) is 0 Å². The lowest BCUT2D eigenvalue weighted by atomic mass is 10.0. The summed E-state index contributed by atoms with van der Waals surface area (Å²) in [5.41, 5.74) is 3.45. The van der Waals surface area contributed by atoms with Crippen molar-refractivity contribution in [1.29, 1.82) is 0 Å². The van der Waals surface area contributed by atoms with Crippen LogP contribution in [0.3, 0.4) is 0 Å². The van der Waals surface area contributed by atoms with E-state index in [2.05, 4.69) is 62.9 Å². The molecule has 0 aliphatic heterocycles. The van der Waals surface area contributed by atoms with Crippen molar-refractivity contribution in [3.63, 3.8) is 0 Å². The molecule has 0 spiro atoms. The number of fused-ring (bicyclic) bond motifs is 1. The Balaban J connectivity index is 2.47. The molecule has 0 aliphatic carbocycles. The third kappa shape index (κ3) is 2.34. The topological polar surface area (TPSA) is 31.9 Å². The molecule has 1 heterocycles. The number of benzene rings is 1. The molecule has 92 valence electrons. The normalized spacial score (nSPS) is 13.8. The van der Waals surface area contributed by atoms with Gasteiger partial charge in [-0.1, -0.05) is 19.9 Å². The minimum Gasteiger partial charge on any atom is -0.341 e. The highest BCUT2D eigenvalue weighted by Gasteiger charge is 2.21. The molecule has 1 aromatic heterocycles. The van der Waals surface area contributed by atoms with E-state index in [9.17, 15) is 0 Å². The molecular formula is C14H21N3. The fraction of sp³-hybridized carbons (Fsp3) is 0.500. The minimum atomic E-state index is 0.336. The Bertz CT molecular complexity index is 503. The van der Waals surface area contributed by atoms with Crippen molar-refractivity contribution in [2.75, 3.05) is 14.1 Å². The van der Waals surface area contributed by atoms with E-state index >= 15 is 0 Å². The lowest BCUT2D eigenvalue weighted by Gasteiger charge is -2.25. The molecule has 2 rings (SSSR count). The fourth-order valence-electron chi connectivity index (χ4n) is 2.44. The van der Waals surface area contributed by atoms with E-state index in [1.165, 1.54) is 5.56 Å². The Kier molecular flexibility index (Phi) is 3.20. The van der Waals surface area contributed by atoms with E-state index in [0.717, 1.165) is 16.9 Å². The smallest absolute Gasteiger partial charge is 0.124 e. The maximum atomic E-state index is 4.70. The molecule has 3 heteroatoms. The zero-order chi connectivity index (χ0) is 12.6. The van der Waals surface area contributed by atoms with Crippen LogP contribution in [0.5, 0.6) is 0 Å². The van der Waals surface area contributed by atoms with Crippen LogP contribution in [-0.4, -0.2) is 29.0 Å². The molecule has 0 fully saturated rings. The molecule has 0 aliphatic rings. The second-order valence-electron chi connectivity index (χ2n) is 5.30. The molecule has 2 aromatic rings. The van der Waals surface area contributed by atoms with Gasteiger partial charge in [0.15, 0.2) is 0 Å². The van der Waals surface area contributed by atoms with Crippen LogP contribution in [-0.2, 0) is 0 Å². The molecule has 0 saturated heterocycles. The number of hydrogen-bond acceptors (Lipinski definition) is 2. The van der Waals surface area contributed by atoms with Crippen LogP contribution in [0.1, 0.15) is 31.3 Å². The lowest BCUT2D eigenvalue weighted by molar-refractivity contribution is 0.226. The van der Waals surface area contributed by atoms with Crippen molar-refractivity contribution in [2.24, 2.45) is 5.92 Å². The molecule has 17 heavy (non-hydrogen) atoms. The standard InChI is InChI=1S/C14H21N3/c1-9(2)13(17(4)5)14-15-11-7-6-10(3)8-12(11)16-14/h6-9,13H,1-5H3,(H,15,16). The van der Waals surface area contributed by atoms with Crippen molar-refractivity contribution in [3.8, 4) is 0 Å². The van der Waals surface area contributed by atoms with Crippen LogP contribution in [0.25, 0.3) is 11.0 Å². The Morgan fingerprint density at radius 2 is 1.94 bits per heavy atom. The minimum absolute atomic E-state index is 0.336. The number of aromatic amines is 1. The Labute approximate surface area is 103 Å². The van der Waals surface area contributed by atoms with Crippen LogP contribution < -0.4 is 0 Å². The molecule has 0 bridgehead atoms. The number of nitrogens with one attached hydrogen (secondary N) is 1. The number of H-pyrrole nitrogens is 1. The molecule has 1 atom stereocenters. The van der Waals surface area contributed by atoms with Gasteiger partial charge in [0.1, 0.15) is 5.82 Å². The largest absolute Gasteiger partial charge is 0.341 e.